The number of nitrogens with zero attached hydrogens (tertiary/aromatic N) is 1. The van der Waals surface area contributed by atoms with Crippen LogP contribution in [-0.2, 0) is 17.8 Å². The molecule has 5 heteroatoms. The van der Waals surface area contributed by atoms with Crippen molar-refractivity contribution in [2.24, 2.45) is 0 Å². The number of aliphatic hydroxyl groups is 1. The molecule has 0 saturated carbocycles. The molecule has 0 bridgehead atoms. The summed E-state index contributed by atoms with van der Waals surface area (Å²) in [6.45, 7) is 2.10. The summed E-state index contributed by atoms with van der Waals surface area (Å²) in [6.07, 6.45) is 2.00. The van der Waals surface area contributed by atoms with E-state index in [9.17, 15) is 5.11 Å². The average Bonchev–Trinajstić information content (AvgIpc) is 3.10. The molecular formula is C16H18ClNO3. The molecule has 0 radical (unpaired) electrons. The lowest BCUT2D eigenvalue weighted by molar-refractivity contribution is 0.0257. The van der Waals surface area contributed by atoms with Crippen LogP contribution in [-0.4, -0.2) is 30.9 Å². The van der Waals surface area contributed by atoms with Crippen molar-refractivity contribution in [2.45, 2.75) is 19.1 Å². The van der Waals surface area contributed by atoms with Gasteiger partial charge >= 0.3 is 0 Å². The molecule has 0 saturated heterocycles. The fourth-order valence-corrected chi connectivity index (χ4v) is 2.91. The van der Waals surface area contributed by atoms with Crippen LogP contribution in [0.3, 0.4) is 0 Å². The minimum Gasteiger partial charge on any atom is -0.467 e. The highest BCUT2D eigenvalue weighted by Crippen LogP contribution is 2.33. The van der Waals surface area contributed by atoms with Crippen molar-refractivity contribution in [1.29, 1.82) is 0 Å². The summed E-state index contributed by atoms with van der Waals surface area (Å²) in [5.74, 6) is 0.764. The van der Waals surface area contributed by atoms with Crippen LogP contribution < -0.4 is 4.90 Å². The number of halogens is 1. The van der Waals surface area contributed by atoms with Crippen molar-refractivity contribution in [2.75, 3.05) is 24.6 Å². The van der Waals surface area contributed by atoms with Crippen LogP contribution in [0.15, 0.2) is 41.0 Å². The second kappa shape index (κ2) is 6.52. The number of hydrogen-bond donors (Lipinski definition) is 1. The molecule has 0 amide bonds. The highest BCUT2D eigenvalue weighted by Gasteiger charge is 2.22. The molecular weight excluding hydrogens is 290 g/mol. The van der Waals surface area contributed by atoms with Gasteiger partial charge in [0, 0.05) is 23.8 Å². The molecule has 0 spiro atoms. The molecule has 2 aromatic rings. The summed E-state index contributed by atoms with van der Waals surface area (Å²) < 4.78 is 10.6. The Morgan fingerprint density at radius 1 is 1.33 bits per heavy atom. The Hall–Kier alpha value is -1.49. The van der Waals surface area contributed by atoms with E-state index in [0.29, 0.717) is 13.2 Å². The maximum Gasteiger partial charge on any atom is 0.129 e. The van der Waals surface area contributed by atoms with Gasteiger partial charge in [0.1, 0.15) is 12.4 Å². The third kappa shape index (κ3) is 3.40. The Morgan fingerprint density at radius 2 is 2.24 bits per heavy atom. The molecule has 0 fully saturated rings. The Labute approximate surface area is 128 Å². The molecule has 2 heterocycles. The van der Waals surface area contributed by atoms with E-state index < -0.39 is 6.10 Å². The van der Waals surface area contributed by atoms with Crippen LogP contribution in [0.2, 0.25) is 5.02 Å². The van der Waals surface area contributed by atoms with Gasteiger partial charge in [0.05, 0.1) is 19.0 Å². The molecule has 21 heavy (non-hydrogen) atoms. The maximum atomic E-state index is 10.1. The van der Waals surface area contributed by atoms with Crippen LogP contribution in [0.4, 0.5) is 5.69 Å². The van der Waals surface area contributed by atoms with Crippen molar-refractivity contribution in [1.82, 2.24) is 0 Å². The maximum absolute atomic E-state index is 10.1. The molecule has 112 valence electrons. The number of rotatable bonds is 6. The lowest BCUT2D eigenvalue weighted by Crippen LogP contribution is -2.33. The molecule has 1 N–H and O–H groups in total. The minimum atomic E-state index is -0.537. The number of anilines is 1. The number of hydrogen-bond acceptors (Lipinski definition) is 4. The zero-order valence-electron chi connectivity index (χ0n) is 11.7. The fourth-order valence-electron chi connectivity index (χ4n) is 2.65. The SMILES string of the molecule is OC(COCc1ccco1)CN1CCc2c(Cl)cccc21. The van der Waals surface area contributed by atoms with Crippen LogP contribution in [0.1, 0.15) is 11.3 Å². The first-order valence-electron chi connectivity index (χ1n) is 7.04. The summed E-state index contributed by atoms with van der Waals surface area (Å²) in [4.78, 5) is 2.15. The highest BCUT2D eigenvalue weighted by atomic mass is 35.5. The lowest BCUT2D eigenvalue weighted by Gasteiger charge is -2.22. The standard InChI is InChI=1S/C16H18ClNO3/c17-15-4-1-5-16-14(15)6-7-18(16)9-12(19)10-20-11-13-3-2-8-21-13/h1-5,8,12,19H,6-7,9-11H2. The first-order valence-corrected chi connectivity index (χ1v) is 7.42. The number of benzene rings is 1. The first kappa shape index (κ1) is 14.4. The van der Waals surface area contributed by atoms with Crippen LogP contribution in [0.25, 0.3) is 0 Å². The Bertz CT molecular complexity index is 585. The molecule has 1 aromatic heterocycles. The minimum absolute atomic E-state index is 0.285. The van der Waals surface area contributed by atoms with Gasteiger partial charge in [0.15, 0.2) is 0 Å². The third-order valence-electron chi connectivity index (χ3n) is 3.63. The quantitative estimate of drug-likeness (QED) is 0.891. The molecule has 1 atom stereocenters. The van der Waals surface area contributed by atoms with Gasteiger partial charge in [0.2, 0.25) is 0 Å². The smallest absolute Gasteiger partial charge is 0.129 e. The van der Waals surface area contributed by atoms with Crippen molar-refractivity contribution in [3.63, 3.8) is 0 Å². The van der Waals surface area contributed by atoms with Crippen molar-refractivity contribution in [3.8, 4) is 0 Å². The second-order valence-electron chi connectivity index (χ2n) is 5.18. The van der Waals surface area contributed by atoms with E-state index in [1.807, 2.05) is 30.3 Å². The number of furan rings is 1. The fraction of sp³-hybridized carbons (Fsp3) is 0.375. The second-order valence-corrected chi connectivity index (χ2v) is 5.59. The van der Waals surface area contributed by atoms with Crippen molar-refractivity contribution < 1.29 is 14.3 Å². The van der Waals surface area contributed by atoms with Gasteiger partial charge in [0.25, 0.3) is 0 Å². The number of ether oxygens (including phenoxy) is 1. The molecule has 4 nitrogen and oxygen atoms in total. The van der Waals surface area contributed by atoms with Gasteiger partial charge in [-0.2, -0.15) is 0 Å². The zero-order valence-corrected chi connectivity index (χ0v) is 12.4. The predicted octanol–water partition coefficient (Wildman–Crippen LogP) is 2.87. The largest absolute Gasteiger partial charge is 0.467 e. The van der Waals surface area contributed by atoms with E-state index in [4.69, 9.17) is 20.8 Å². The summed E-state index contributed by atoms with van der Waals surface area (Å²) in [6, 6.07) is 9.57. The van der Waals surface area contributed by atoms with E-state index >= 15 is 0 Å². The Morgan fingerprint density at radius 3 is 3.05 bits per heavy atom. The van der Waals surface area contributed by atoms with E-state index in [0.717, 1.165) is 29.4 Å². The summed E-state index contributed by atoms with van der Waals surface area (Å²) in [7, 11) is 0. The summed E-state index contributed by atoms with van der Waals surface area (Å²) >= 11 is 6.19. The number of β-amino-alcohol motifs (C(OH)–C–C–N with tert-alkyl or cyclic N) is 1. The van der Waals surface area contributed by atoms with Gasteiger partial charge in [-0.15, -0.1) is 0 Å². The number of fused-ring (bicyclic) bond motifs is 1. The first-order chi connectivity index (χ1) is 10.2. The Kier molecular flexibility index (Phi) is 4.48. The molecule has 3 rings (SSSR count). The Balaban J connectivity index is 1.50. The monoisotopic (exact) mass is 307 g/mol. The van der Waals surface area contributed by atoms with E-state index in [1.165, 1.54) is 5.56 Å². The highest BCUT2D eigenvalue weighted by molar-refractivity contribution is 6.31. The van der Waals surface area contributed by atoms with E-state index in [1.54, 1.807) is 6.26 Å². The van der Waals surface area contributed by atoms with E-state index in [2.05, 4.69) is 4.90 Å². The van der Waals surface area contributed by atoms with Crippen LogP contribution in [0, 0.1) is 0 Å². The molecule has 0 aliphatic carbocycles. The van der Waals surface area contributed by atoms with Gasteiger partial charge < -0.3 is 19.2 Å². The van der Waals surface area contributed by atoms with Gasteiger partial charge in [-0.05, 0) is 36.2 Å². The summed E-state index contributed by atoms with van der Waals surface area (Å²) in [5, 5.41) is 10.9. The van der Waals surface area contributed by atoms with Crippen LogP contribution in [0.5, 0.6) is 0 Å². The molecule has 1 aliphatic rings. The van der Waals surface area contributed by atoms with E-state index in [-0.39, 0.29) is 6.61 Å². The number of aliphatic hydroxyl groups excluding tert-OH is 1. The molecule has 1 aromatic carbocycles. The lowest BCUT2D eigenvalue weighted by atomic mass is 10.2. The van der Waals surface area contributed by atoms with Crippen molar-refractivity contribution >= 4 is 17.3 Å². The molecule has 1 unspecified atom stereocenters. The van der Waals surface area contributed by atoms with Gasteiger partial charge in [-0.1, -0.05) is 17.7 Å². The van der Waals surface area contributed by atoms with Crippen molar-refractivity contribution in [3.05, 3.63) is 52.9 Å². The average molecular weight is 308 g/mol. The summed E-state index contributed by atoms with van der Waals surface area (Å²) in [5.41, 5.74) is 2.29. The van der Waals surface area contributed by atoms with Gasteiger partial charge in [-0.3, -0.25) is 0 Å². The van der Waals surface area contributed by atoms with Gasteiger partial charge in [-0.25, -0.2) is 0 Å². The predicted molar refractivity (Wildman–Crippen MR) is 81.7 cm³/mol. The molecule has 1 aliphatic heterocycles. The van der Waals surface area contributed by atoms with Crippen LogP contribution >= 0.6 is 11.6 Å². The zero-order chi connectivity index (χ0) is 14.7. The topological polar surface area (TPSA) is 45.8 Å². The third-order valence-corrected chi connectivity index (χ3v) is 3.99. The normalized spacial score (nSPS) is 15.2.